The summed E-state index contributed by atoms with van der Waals surface area (Å²) in [5, 5.41) is 13.5. The van der Waals surface area contributed by atoms with Crippen molar-refractivity contribution in [1.29, 1.82) is 0 Å². The molecule has 1 amide bonds. The molecule has 0 fully saturated rings. The maximum absolute atomic E-state index is 13.8. The number of nitrogens with zero attached hydrogens (tertiary/aromatic N) is 2. The van der Waals surface area contributed by atoms with Gasteiger partial charge in [0.2, 0.25) is 0 Å². The highest BCUT2D eigenvalue weighted by Gasteiger charge is 2.24. The van der Waals surface area contributed by atoms with Crippen LogP contribution < -0.4 is 15.6 Å². The first kappa shape index (κ1) is 20.1. The molecular weight excluding hydrogens is 401 g/mol. The number of rotatable bonds is 5. The van der Waals surface area contributed by atoms with E-state index >= 15 is 0 Å². The van der Waals surface area contributed by atoms with Gasteiger partial charge >= 0.3 is 0 Å². The number of pyridine rings is 2. The van der Waals surface area contributed by atoms with Gasteiger partial charge in [-0.2, -0.15) is 0 Å². The molecule has 0 spiro atoms. The number of aromatic nitrogens is 2. The van der Waals surface area contributed by atoms with Crippen LogP contribution in [0.3, 0.4) is 0 Å². The van der Waals surface area contributed by atoms with Crippen LogP contribution in [0, 0.1) is 5.82 Å². The SMILES string of the molecule is CCOc1ccc(NC(=O)c2c(O)c3cccnc3n(-c3cccc(F)c3)c2=O)cc1. The molecule has 7 nitrogen and oxygen atoms in total. The zero-order chi connectivity index (χ0) is 22.0. The second-order valence-corrected chi connectivity index (χ2v) is 6.63. The number of amides is 1. The minimum atomic E-state index is -0.822. The van der Waals surface area contributed by atoms with Crippen molar-refractivity contribution in [2.45, 2.75) is 6.92 Å². The number of fused-ring (bicyclic) bond motifs is 1. The summed E-state index contributed by atoms with van der Waals surface area (Å²) in [4.78, 5) is 30.4. The van der Waals surface area contributed by atoms with Crippen molar-refractivity contribution in [3.05, 3.63) is 88.6 Å². The standard InChI is InChI=1S/C23H18FN3O4/c1-2-31-17-10-8-15(9-11-17)26-22(29)19-20(28)18-7-4-12-25-21(18)27(23(19)30)16-6-3-5-14(24)13-16/h3-13,28H,2H2,1H3,(H,26,29). The van der Waals surface area contributed by atoms with Gasteiger partial charge in [0.1, 0.15) is 22.9 Å². The molecular formula is C23H18FN3O4. The predicted molar refractivity (Wildman–Crippen MR) is 115 cm³/mol. The normalized spacial score (nSPS) is 10.8. The molecule has 2 aromatic heterocycles. The second-order valence-electron chi connectivity index (χ2n) is 6.63. The third-order valence-electron chi connectivity index (χ3n) is 4.62. The van der Waals surface area contributed by atoms with Gasteiger partial charge in [-0.25, -0.2) is 9.37 Å². The second kappa shape index (κ2) is 8.27. The Morgan fingerprint density at radius 3 is 2.65 bits per heavy atom. The van der Waals surface area contributed by atoms with E-state index in [0.717, 1.165) is 10.6 Å². The van der Waals surface area contributed by atoms with Crippen molar-refractivity contribution >= 4 is 22.6 Å². The highest BCUT2D eigenvalue weighted by molar-refractivity contribution is 6.09. The lowest BCUT2D eigenvalue weighted by Gasteiger charge is -2.14. The van der Waals surface area contributed by atoms with Gasteiger partial charge in [0, 0.05) is 11.9 Å². The molecule has 0 saturated heterocycles. The molecule has 0 radical (unpaired) electrons. The smallest absolute Gasteiger partial charge is 0.273 e. The van der Waals surface area contributed by atoms with Crippen molar-refractivity contribution in [2.75, 3.05) is 11.9 Å². The Labute approximate surface area is 176 Å². The lowest BCUT2D eigenvalue weighted by atomic mass is 10.1. The third-order valence-corrected chi connectivity index (χ3v) is 4.62. The van der Waals surface area contributed by atoms with Gasteiger partial charge in [0.15, 0.2) is 5.65 Å². The van der Waals surface area contributed by atoms with Crippen LogP contribution in [0.15, 0.2) is 71.7 Å². The van der Waals surface area contributed by atoms with Crippen LogP contribution in [0.1, 0.15) is 17.3 Å². The van der Waals surface area contributed by atoms with Crippen LogP contribution in [0.2, 0.25) is 0 Å². The minimum Gasteiger partial charge on any atom is -0.506 e. The summed E-state index contributed by atoms with van der Waals surface area (Å²) in [5.74, 6) is -1.22. The number of carbonyl (C=O) groups excluding carboxylic acids is 1. The van der Waals surface area contributed by atoms with Gasteiger partial charge < -0.3 is 15.2 Å². The summed E-state index contributed by atoms with van der Waals surface area (Å²) in [5.41, 5.74) is -0.593. The number of hydrogen-bond acceptors (Lipinski definition) is 5. The zero-order valence-corrected chi connectivity index (χ0v) is 16.5. The van der Waals surface area contributed by atoms with Crippen molar-refractivity contribution in [1.82, 2.24) is 9.55 Å². The number of benzene rings is 2. The fourth-order valence-corrected chi connectivity index (χ4v) is 3.26. The van der Waals surface area contributed by atoms with Crippen LogP contribution >= 0.6 is 0 Å². The minimum absolute atomic E-state index is 0.105. The number of ether oxygens (including phenoxy) is 1. The summed E-state index contributed by atoms with van der Waals surface area (Å²) >= 11 is 0. The Kier molecular flexibility index (Phi) is 5.36. The van der Waals surface area contributed by atoms with Crippen LogP contribution in [-0.4, -0.2) is 27.2 Å². The van der Waals surface area contributed by atoms with E-state index in [1.165, 1.54) is 30.5 Å². The molecule has 0 saturated carbocycles. The molecule has 0 bridgehead atoms. The summed E-state index contributed by atoms with van der Waals surface area (Å²) in [7, 11) is 0. The van der Waals surface area contributed by atoms with Gasteiger partial charge in [-0.3, -0.25) is 14.2 Å². The van der Waals surface area contributed by atoms with E-state index in [9.17, 15) is 19.1 Å². The number of halogens is 1. The largest absolute Gasteiger partial charge is 0.506 e. The average Bonchev–Trinajstić information content (AvgIpc) is 2.75. The number of nitrogens with one attached hydrogen (secondary N) is 1. The Bertz CT molecular complexity index is 1330. The van der Waals surface area contributed by atoms with Gasteiger partial charge in [0.05, 0.1) is 17.7 Å². The highest BCUT2D eigenvalue weighted by Crippen LogP contribution is 2.27. The molecule has 31 heavy (non-hydrogen) atoms. The topological polar surface area (TPSA) is 93.4 Å². The predicted octanol–water partition coefficient (Wildman–Crippen LogP) is 3.88. The lowest BCUT2D eigenvalue weighted by Crippen LogP contribution is -2.29. The van der Waals surface area contributed by atoms with E-state index in [1.807, 2.05) is 6.92 Å². The van der Waals surface area contributed by atoms with Gasteiger partial charge in [-0.05, 0) is 61.5 Å². The molecule has 0 aliphatic carbocycles. The van der Waals surface area contributed by atoms with E-state index in [2.05, 4.69) is 10.3 Å². The molecule has 0 atom stereocenters. The molecule has 8 heteroatoms. The van der Waals surface area contributed by atoms with Crippen molar-refractivity contribution < 1.29 is 19.0 Å². The first-order chi connectivity index (χ1) is 15.0. The molecule has 2 N–H and O–H groups in total. The number of aromatic hydroxyl groups is 1. The van der Waals surface area contributed by atoms with Crippen molar-refractivity contribution in [2.24, 2.45) is 0 Å². The van der Waals surface area contributed by atoms with Crippen LogP contribution in [0.4, 0.5) is 10.1 Å². The quantitative estimate of drug-likeness (QED) is 0.512. The molecule has 2 heterocycles. The molecule has 4 rings (SSSR count). The Balaban J connectivity index is 1.84. The molecule has 2 aromatic carbocycles. The Morgan fingerprint density at radius 2 is 1.94 bits per heavy atom. The van der Waals surface area contributed by atoms with Gasteiger partial charge in [-0.15, -0.1) is 0 Å². The van der Waals surface area contributed by atoms with E-state index < -0.39 is 28.6 Å². The van der Waals surface area contributed by atoms with Gasteiger partial charge in [0.25, 0.3) is 11.5 Å². The molecule has 4 aromatic rings. The Morgan fingerprint density at radius 1 is 1.16 bits per heavy atom. The first-order valence-corrected chi connectivity index (χ1v) is 9.52. The van der Waals surface area contributed by atoms with E-state index in [-0.39, 0.29) is 16.7 Å². The van der Waals surface area contributed by atoms with Crippen molar-refractivity contribution in [3.63, 3.8) is 0 Å². The maximum atomic E-state index is 13.8. The summed E-state index contributed by atoms with van der Waals surface area (Å²) in [6.07, 6.45) is 1.44. The summed E-state index contributed by atoms with van der Waals surface area (Å²) in [6.45, 7) is 2.36. The summed E-state index contributed by atoms with van der Waals surface area (Å²) in [6, 6.07) is 15.0. The maximum Gasteiger partial charge on any atom is 0.273 e. The van der Waals surface area contributed by atoms with E-state index in [4.69, 9.17) is 4.74 Å². The Hall–Kier alpha value is -4.20. The summed E-state index contributed by atoms with van der Waals surface area (Å²) < 4.78 is 20.3. The van der Waals surface area contributed by atoms with Crippen LogP contribution in [-0.2, 0) is 0 Å². The average molecular weight is 419 g/mol. The molecule has 0 unspecified atom stereocenters. The van der Waals surface area contributed by atoms with Crippen molar-refractivity contribution in [3.8, 4) is 17.2 Å². The number of hydrogen-bond donors (Lipinski definition) is 2. The zero-order valence-electron chi connectivity index (χ0n) is 16.5. The van der Waals surface area contributed by atoms with Crippen LogP contribution in [0.25, 0.3) is 16.7 Å². The monoisotopic (exact) mass is 419 g/mol. The molecule has 0 aliphatic rings. The first-order valence-electron chi connectivity index (χ1n) is 9.52. The van der Waals surface area contributed by atoms with Gasteiger partial charge in [-0.1, -0.05) is 6.07 Å². The number of anilines is 1. The molecule has 0 aliphatic heterocycles. The highest BCUT2D eigenvalue weighted by atomic mass is 19.1. The fourth-order valence-electron chi connectivity index (χ4n) is 3.26. The lowest BCUT2D eigenvalue weighted by molar-refractivity contribution is 0.102. The van der Waals surface area contributed by atoms with E-state index in [0.29, 0.717) is 18.0 Å². The number of carbonyl (C=O) groups is 1. The van der Waals surface area contributed by atoms with E-state index in [1.54, 1.807) is 30.3 Å². The molecule has 156 valence electrons. The third kappa shape index (κ3) is 3.83. The fraction of sp³-hybridized carbons (Fsp3) is 0.0870. The van der Waals surface area contributed by atoms with Crippen LogP contribution in [0.5, 0.6) is 11.5 Å².